The van der Waals surface area contributed by atoms with E-state index in [-0.39, 0.29) is 22.9 Å². The minimum absolute atomic E-state index is 0.0952. The fraction of sp³-hybridized carbons (Fsp3) is 0.148. The number of hydrogen-bond acceptors (Lipinski definition) is 6. The van der Waals surface area contributed by atoms with Crippen molar-refractivity contribution in [3.63, 3.8) is 0 Å². The molecule has 0 aliphatic heterocycles. The van der Waals surface area contributed by atoms with Gasteiger partial charge in [0.1, 0.15) is 11.4 Å². The normalized spacial score (nSPS) is 11.6. The Kier molecular flexibility index (Phi) is 5.48. The van der Waals surface area contributed by atoms with Crippen LogP contribution in [0.1, 0.15) is 20.3 Å². The lowest BCUT2D eigenvalue weighted by molar-refractivity contribution is -0.116. The molecule has 9 nitrogen and oxygen atoms in total. The first-order valence-electron chi connectivity index (χ1n) is 11.8. The summed E-state index contributed by atoms with van der Waals surface area (Å²) in [6.45, 7) is 3.93. The number of amides is 1. The number of aromatic nitrogens is 6. The first kappa shape index (κ1) is 22.6. The van der Waals surface area contributed by atoms with Gasteiger partial charge in [0.25, 0.3) is 0 Å². The van der Waals surface area contributed by atoms with Gasteiger partial charge in [-0.05, 0) is 24.1 Å². The number of para-hydroxylation sites is 1. The van der Waals surface area contributed by atoms with Crippen LogP contribution in [0.2, 0.25) is 0 Å². The number of aromatic amines is 2. The van der Waals surface area contributed by atoms with E-state index in [4.69, 9.17) is 9.40 Å². The van der Waals surface area contributed by atoms with Gasteiger partial charge in [-0.15, -0.1) is 0 Å². The number of benzene rings is 1. The van der Waals surface area contributed by atoms with E-state index in [1.807, 2.05) is 38.1 Å². The van der Waals surface area contributed by atoms with Crippen LogP contribution in [0, 0.1) is 11.7 Å². The monoisotopic (exact) mass is 495 g/mol. The quantitative estimate of drug-likeness (QED) is 0.262. The number of halogens is 1. The van der Waals surface area contributed by atoms with Crippen LogP contribution in [0.25, 0.3) is 55.8 Å². The Labute approximate surface area is 210 Å². The van der Waals surface area contributed by atoms with Crippen LogP contribution in [-0.4, -0.2) is 36.0 Å². The van der Waals surface area contributed by atoms with Gasteiger partial charge in [0.2, 0.25) is 5.91 Å². The van der Waals surface area contributed by atoms with Crippen LogP contribution in [0.15, 0.2) is 65.9 Å². The molecule has 0 spiro atoms. The number of nitrogens with one attached hydrogen (secondary N) is 3. The number of furan rings is 1. The summed E-state index contributed by atoms with van der Waals surface area (Å²) in [6, 6.07) is 9.28. The van der Waals surface area contributed by atoms with Crippen molar-refractivity contribution in [3.05, 3.63) is 67.3 Å². The van der Waals surface area contributed by atoms with Gasteiger partial charge in [-0.3, -0.25) is 19.9 Å². The minimum Gasteiger partial charge on any atom is -0.472 e. The lowest BCUT2D eigenvalue weighted by Crippen LogP contribution is -2.14. The van der Waals surface area contributed by atoms with E-state index in [0.717, 1.165) is 22.2 Å². The molecule has 1 amide bonds. The standard InChI is InChI=1S/C27H22FN7O2/c1-14(2)8-21(36)31-17-9-16(10-29-11-17)24-23(28)22-20(12-30-24)34-35-26(22)27-32-19-5-3-4-18(25(19)33-27)15-6-7-37-13-15/h3-7,9-14H,8H2,1-2H3,(H,31,36)(H,32,33)(H,34,35). The van der Waals surface area contributed by atoms with Gasteiger partial charge in [-0.25, -0.2) is 9.37 Å². The van der Waals surface area contributed by atoms with Crippen molar-refractivity contribution in [2.45, 2.75) is 20.3 Å². The average molecular weight is 496 g/mol. The molecule has 37 heavy (non-hydrogen) atoms. The number of carbonyl (C=O) groups excluding carboxylic acids is 1. The van der Waals surface area contributed by atoms with E-state index >= 15 is 4.39 Å². The maximum Gasteiger partial charge on any atom is 0.224 e. The number of hydrogen-bond donors (Lipinski definition) is 3. The van der Waals surface area contributed by atoms with Crippen LogP contribution in [-0.2, 0) is 4.79 Å². The number of fused-ring (bicyclic) bond motifs is 2. The van der Waals surface area contributed by atoms with Gasteiger partial charge in [-0.1, -0.05) is 26.0 Å². The molecule has 0 saturated carbocycles. The number of H-pyrrole nitrogens is 2. The Morgan fingerprint density at radius 2 is 2.00 bits per heavy atom. The molecule has 0 aliphatic carbocycles. The van der Waals surface area contributed by atoms with Crippen molar-refractivity contribution >= 4 is 33.5 Å². The van der Waals surface area contributed by atoms with Gasteiger partial charge >= 0.3 is 0 Å². The summed E-state index contributed by atoms with van der Waals surface area (Å²) in [5, 5.41) is 10.3. The molecular weight excluding hydrogens is 473 g/mol. The van der Waals surface area contributed by atoms with Crippen molar-refractivity contribution in [1.82, 2.24) is 30.1 Å². The van der Waals surface area contributed by atoms with Crippen molar-refractivity contribution < 1.29 is 13.6 Å². The molecule has 10 heteroatoms. The highest BCUT2D eigenvalue weighted by Crippen LogP contribution is 2.34. The number of anilines is 1. The zero-order valence-corrected chi connectivity index (χ0v) is 20.0. The summed E-state index contributed by atoms with van der Waals surface area (Å²) in [6.07, 6.45) is 8.18. The van der Waals surface area contributed by atoms with Crippen molar-refractivity contribution in [2.24, 2.45) is 5.92 Å². The molecule has 0 saturated heterocycles. The van der Waals surface area contributed by atoms with Gasteiger partial charge in [0, 0.05) is 29.3 Å². The Morgan fingerprint density at radius 3 is 2.81 bits per heavy atom. The van der Waals surface area contributed by atoms with E-state index in [1.54, 1.807) is 18.6 Å². The van der Waals surface area contributed by atoms with Gasteiger partial charge in [0.05, 0.1) is 52.5 Å². The molecule has 0 atom stereocenters. The van der Waals surface area contributed by atoms with Crippen molar-refractivity contribution in [3.8, 4) is 33.9 Å². The maximum absolute atomic E-state index is 16.0. The van der Waals surface area contributed by atoms with Gasteiger partial charge in [0.15, 0.2) is 11.6 Å². The fourth-order valence-electron chi connectivity index (χ4n) is 4.36. The second-order valence-electron chi connectivity index (χ2n) is 9.19. The molecule has 0 bridgehead atoms. The molecule has 0 unspecified atom stereocenters. The Morgan fingerprint density at radius 1 is 1.11 bits per heavy atom. The second kappa shape index (κ2) is 8.98. The molecule has 5 aromatic heterocycles. The topological polar surface area (TPSA) is 125 Å². The Balaban J connectivity index is 1.42. The molecule has 0 fully saturated rings. The summed E-state index contributed by atoms with van der Waals surface area (Å²) in [7, 11) is 0. The molecule has 3 N–H and O–H groups in total. The summed E-state index contributed by atoms with van der Waals surface area (Å²) in [5.41, 5.74) is 5.05. The summed E-state index contributed by atoms with van der Waals surface area (Å²) in [4.78, 5) is 28.7. The number of nitrogens with zero attached hydrogens (tertiary/aromatic N) is 4. The van der Waals surface area contributed by atoms with E-state index in [0.29, 0.717) is 34.7 Å². The zero-order chi connectivity index (χ0) is 25.5. The molecule has 0 radical (unpaired) electrons. The van der Waals surface area contributed by atoms with E-state index in [1.165, 1.54) is 18.6 Å². The number of pyridine rings is 2. The molecular formula is C27H22FN7O2. The lowest BCUT2D eigenvalue weighted by Gasteiger charge is -2.09. The van der Waals surface area contributed by atoms with Crippen LogP contribution >= 0.6 is 0 Å². The van der Waals surface area contributed by atoms with Crippen molar-refractivity contribution in [2.75, 3.05) is 5.32 Å². The third kappa shape index (κ3) is 4.12. The number of imidazole rings is 1. The smallest absolute Gasteiger partial charge is 0.224 e. The van der Waals surface area contributed by atoms with Crippen molar-refractivity contribution in [1.29, 1.82) is 0 Å². The molecule has 6 aromatic rings. The van der Waals surface area contributed by atoms with Gasteiger partial charge in [-0.2, -0.15) is 5.10 Å². The fourth-order valence-corrected chi connectivity index (χ4v) is 4.36. The summed E-state index contributed by atoms with van der Waals surface area (Å²) >= 11 is 0. The first-order valence-corrected chi connectivity index (χ1v) is 11.8. The lowest BCUT2D eigenvalue weighted by atomic mass is 10.1. The molecule has 184 valence electrons. The molecule has 0 aliphatic rings. The second-order valence-corrected chi connectivity index (χ2v) is 9.19. The van der Waals surface area contributed by atoms with Crippen LogP contribution in [0.3, 0.4) is 0 Å². The maximum atomic E-state index is 16.0. The highest BCUT2D eigenvalue weighted by atomic mass is 19.1. The minimum atomic E-state index is -0.566. The first-order chi connectivity index (χ1) is 18.0. The highest BCUT2D eigenvalue weighted by Gasteiger charge is 2.21. The molecule has 1 aromatic carbocycles. The third-order valence-electron chi connectivity index (χ3n) is 6.00. The van der Waals surface area contributed by atoms with Crippen LogP contribution in [0.5, 0.6) is 0 Å². The summed E-state index contributed by atoms with van der Waals surface area (Å²) < 4.78 is 21.2. The van der Waals surface area contributed by atoms with Crippen LogP contribution < -0.4 is 5.32 Å². The van der Waals surface area contributed by atoms with E-state index in [2.05, 4.69) is 30.5 Å². The molecule has 6 rings (SSSR count). The van der Waals surface area contributed by atoms with Gasteiger partial charge < -0.3 is 14.7 Å². The number of rotatable bonds is 6. The third-order valence-corrected chi connectivity index (χ3v) is 6.00. The van der Waals surface area contributed by atoms with Crippen LogP contribution in [0.4, 0.5) is 10.1 Å². The highest BCUT2D eigenvalue weighted by molar-refractivity contribution is 5.98. The Hall–Kier alpha value is -4.86. The number of carbonyl (C=O) groups is 1. The predicted octanol–water partition coefficient (Wildman–Crippen LogP) is 5.95. The largest absolute Gasteiger partial charge is 0.472 e. The Bertz CT molecular complexity index is 1750. The summed E-state index contributed by atoms with van der Waals surface area (Å²) in [5.74, 6) is -0.0638. The molecule has 5 heterocycles. The zero-order valence-electron chi connectivity index (χ0n) is 20.0. The van der Waals surface area contributed by atoms with E-state index < -0.39 is 5.82 Å². The predicted molar refractivity (Wildman–Crippen MR) is 138 cm³/mol. The SMILES string of the molecule is CC(C)CC(=O)Nc1cncc(-c2ncc3[nH]nc(-c4nc5c(-c6ccoc6)cccc5[nH]4)c3c2F)c1. The van der Waals surface area contributed by atoms with E-state index in [9.17, 15) is 4.79 Å². The average Bonchev–Trinajstić information content (AvgIpc) is 3.62.